The van der Waals surface area contributed by atoms with Crippen LogP contribution in [-0.2, 0) is 18.6 Å². The second-order valence-electron chi connectivity index (χ2n) is 4.91. The van der Waals surface area contributed by atoms with Gasteiger partial charge in [0.15, 0.2) is 0 Å². The van der Waals surface area contributed by atoms with Crippen molar-refractivity contribution < 1.29 is 0 Å². The number of hydrogen-bond donors (Lipinski definition) is 0. The van der Waals surface area contributed by atoms with E-state index in [4.69, 9.17) is 0 Å². The minimum Gasteiger partial charge on any atom is -0.335 e. The van der Waals surface area contributed by atoms with E-state index in [0.29, 0.717) is 0 Å². The lowest BCUT2D eigenvalue weighted by Crippen LogP contribution is -2.38. The van der Waals surface area contributed by atoms with Gasteiger partial charge in [-0.25, -0.2) is 9.97 Å². The number of nitrogens with zero attached hydrogens (tertiary/aromatic N) is 6. The van der Waals surface area contributed by atoms with E-state index >= 15 is 0 Å². The zero-order valence-corrected chi connectivity index (χ0v) is 10.8. The minimum atomic E-state index is -0.150. The first kappa shape index (κ1) is 11.7. The lowest BCUT2D eigenvalue weighted by Gasteiger charge is -2.31. The Labute approximate surface area is 111 Å². The highest BCUT2D eigenvalue weighted by Crippen LogP contribution is 2.20. The molecule has 98 valence electrons. The first-order chi connectivity index (χ1) is 9.26. The SMILES string of the molecule is CC(Cn1ccnc1)(Cn1cccn1)n1ccnc1. The lowest BCUT2D eigenvalue weighted by molar-refractivity contribution is 0.220. The Morgan fingerprint density at radius 1 is 0.947 bits per heavy atom. The predicted octanol–water partition coefficient (Wildman–Crippen LogP) is 1.39. The van der Waals surface area contributed by atoms with Crippen LogP contribution in [0.25, 0.3) is 0 Å². The first-order valence-electron chi connectivity index (χ1n) is 6.18. The Balaban J connectivity index is 1.90. The molecule has 0 amide bonds. The summed E-state index contributed by atoms with van der Waals surface area (Å²) in [6.07, 6.45) is 15.0. The van der Waals surface area contributed by atoms with E-state index in [0.717, 1.165) is 13.1 Å². The summed E-state index contributed by atoms with van der Waals surface area (Å²) in [5.41, 5.74) is -0.150. The Morgan fingerprint density at radius 3 is 2.42 bits per heavy atom. The molecule has 1 atom stereocenters. The van der Waals surface area contributed by atoms with E-state index in [1.165, 1.54) is 0 Å². The molecule has 0 bridgehead atoms. The van der Waals surface area contributed by atoms with Crippen LogP contribution in [-0.4, -0.2) is 28.9 Å². The molecule has 0 spiro atoms. The maximum Gasteiger partial charge on any atom is 0.0952 e. The van der Waals surface area contributed by atoms with Gasteiger partial charge in [-0.05, 0) is 13.0 Å². The van der Waals surface area contributed by atoms with Crippen LogP contribution in [0.5, 0.6) is 0 Å². The molecule has 0 aromatic carbocycles. The average molecular weight is 256 g/mol. The van der Waals surface area contributed by atoms with Crippen LogP contribution in [0.15, 0.2) is 55.9 Å². The van der Waals surface area contributed by atoms with Gasteiger partial charge in [0, 0.05) is 43.7 Å². The average Bonchev–Trinajstić information content (AvgIpc) is 3.12. The molecule has 3 aromatic heterocycles. The van der Waals surface area contributed by atoms with Crippen molar-refractivity contribution in [3.63, 3.8) is 0 Å². The van der Waals surface area contributed by atoms with Crippen molar-refractivity contribution in [2.45, 2.75) is 25.6 Å². The van der Waals surface area contributed by atoms with Gasteiger partial charge in [0.05, 0.1) is 24.7 Å². The maximum absolute atomic E-state index is 4.30. The zero-order chi connectivity index (χ0) is 13.1. The normalized spacial score (nSPS) is 14.4. The summed E-state index contributed by atoms with van der Waals surface area (Å²) in [5.74, 6) is 0. The largest absolute Gasteiger partial charge is 0.335 e. The number of imidazole rings is 2. The predicted molar refractivity (Wildman–Crippen MR) is 70.3 cm³/mol. The van der Waals surface area contributed by atoms with Crippen molar-refractivity contribution >= 4 is 0 Å². The first-order valence-corrected chi connectivity index (χ1v) is 6.18. The Kier molecular flexibility index (Phi) is 2.91. The second kappa shape index (κ2) is 4.72. The smallest absolute Gasteiger partial charge is 0.0952 e. The number of rotatable bonds is 5. The van der Waals surface area contributed by atoms with Gasteiger partial charge in [0.1, 0.15) is 0 Å². The molecule has 19 heavy (non-hydrogen) atoms. The van der Waals surface area contributed by atoms with Crippen LogP contribution in [0.2, 0.25) is 0 Å². The number of aromatic nitrogens is 6. The fourth-order valence-corrected chi connectivity index (χ4v) is 2.31. The van der Waals surface area contributed by atoms with Gasteiger partial charge in [-0.1, -0.05) is 0 Å². The van der Waals surface area contributed by atoms with Crippen LogP contribution >= 0.6 is 0 Å². The fourth-order valence-electron chi connectivity index (χ4n) is 2.31. The third-order valence-corrected chi connectivity index (χ3v) is 3.27. The number of hydrogen-bond acceptors (Lipinski definition) is 3. The summed E-state index contributed by atoms with van der Waals surface area (Å²) >= 11 is 0. The molecule has 0 aliphatic heterocycles. The third kappa shape index (κ3) is 2.42. The maximum atomic E-state index is 4.30. The molecule has 0 aliphatic rings. The summed E-state index contributed by atoms with van der Waals surface area (Å²) in [6.45, 7) is 3.77. The minimum absolute atomic E-state index is 0.150. The Hall–Kier alpha value is -2.37. The van der Waals surface area contributed by atoms with Crippen LogP contribution in [0.3, 0.4) is 0 Å². The highest BCUT2D eigenvalue weighted by molar-refractivity contribution is 4.92. The molecule has 6 nitrogen and oxygen atoms in total. The molecule has 0 saturated heterocycles. The van der Waals surface area contributed by atoms with Crippen molar-refractivity contribution in [1.29, 1.82) is 0 Å². The topological polar surface area (TPSA) is 53.5 Å². The molecule has 0 N–H and O–H groups in total. The van der Waals surface area contributed by atoms with E-state index in [-0.39, 0.29) is 5.54 Å². The van der Waals surface area contributed by atoms with Gasteiger partial charge in [-0.15, -0.1) is 0 Å². The van der Waals surface area contributed by atoms with Gasteiger partial charge < -0.3 is 9.13 Å². The van der Waals surface area contributed by atoms with E-state index in [9.17, 15) is 0 Å². The van der Waals surface area contributed by atoms with Crippen LogP contribution in [0, 0.1) is 0 Å². The van der Waals surface area contributed by atoms with Crippen molar-refractivity contribution in [3.8, 4) is 0 Å². The lowest BCUT2D eigenvalue weighted by atomic mass is 10.0. The third-order valence-electron chi connectivity index (χ3n) is 3.27. The Bertz CT molecular complexity index is 557. The fraction of sp³-hybridized carbons (Fsp3) is 0.308. The molecule has 6 heteroatoms. The van der Waals surface area contributed by atoms with Crippen molar-refractivity contribution in [2.24, 2.45) is 0 Å². The van der Waals surface area contributed by atoms with Crippen LogP contribution < -0.4 is 0 Å². The summed E-state index contributed by atoms with van der Waals surface area (Å²) in [7, 11) is 0. The van der Waals surface area contributed by atoms with E-state index in [1.54, 1.807) is 18.6 Å². The highest BCUT2D eigenvalue weighted by Gasteiger charge is 2.27. The highest BCUT2D eigenvalue weighted by atomic mass is 15.3. The van der Waals surface area contributed by atoms with Crippen molar-refractivity contribution in [1.82, 2.24) is 28.9 Å². The zero-order valence-electron chi connectivity index (χ0n) is 10.8. The van der Waals surface area contributed by atoms with Crippen LogP contribution in [0.4, 0.5) is 0 Å². The van der Waals surface area contributed by atoms with Gasteiger partial charge in [-0.3, -0.25) is 4.68 Å². The standard InChI is InChI=1S/C13H16N6/c1-13(18-8-5-15-12-18,9-17-7-4-14-11-17)10-19-6-2-3-16-19/h2-8,11-12H,9-10H2,1H3. The molecule has 0 saturated carbocycles. The summed E-state index contributed by atoms with van der Waals surface area (Å²) in [6, 6.07) is 1.94. The molecule has 3 rings (SSSR count). The van der Waals surface area contributed by atoms with Gasteiger partial charge in [0.25, 0.3) is 0 Å². The van der Waals surface area contributed by atoms with Crippen molar-refractivity contribution in [3.05, 3.63) is 55.9 Å². The molecular weight excluding hydrogens is 240 g/mol. The van der Waals surface area contributed by atoms with E-state index in [1.807, 2.05) is 42.0 Å². The van der Waals surface area contributed by atoms with Crippen molar-refractivity contribution in [2.75, 3.05) is 0 Å². The van der Waals surface area contributed by atoms with Crippen LogP contribution in [0.1, 0.15) is 6.92 Å². The second-order valence-corrected chi connectivity index (χ2v) is 4.91. The Morgan fingerprint density at radius 2 is 1.79 bits per heavy atom. The monoisotopic (exact) mass is 256 g/mol. The summed E-state index contributed by atoms with van der Waals surface area (Å²) in [4.78, 5) is 8.26. The molecule has 3 aromatic rings. The van der Waals surface area contributed by atoms with Gasteiger partial charge >= 0.3 is 0 Å². The van der Waals surface area contributed by atoms with E-state index in [2.05, 4.69) is 31.1 Å². The summed E-state index contributed by atoms with van der Waals surface area (Å²) < 4.78 is 6.13. The van der Waals surface area contributed by atoms with Gasteiger partial charge in [-0.2, -0.15) is 5.10 Å². The van der Waals surface area contributed by atoms with E-state index < -0.39 is 0 Å². The molecule has 0 fully saturated rings. The van der Waals surface area contributed by atoms with Gasteiger partial charge in [0.2, 0.25) is 0 Å². The molecular formula is C13H16N6. The summed E-state index contributed by atoms with van der Waals surface area (Å²) in [5, 5.41) is 4.30. The molecule has 3 heterocycles. The molecule has 0 radical (unpaired) electrons. The molecule has 1 unspecified atom stereocenters. The molecule has 0 aliphatic carbocycles. The quantitative estimate of drug-likeness (QED) is 0.693.